The van der Waals surface area contributed by atoms with E-state index in [0.29, 0.717) is 6.54 Å². The predicted molar refractivity (Wildman–Crippen MR) is 56.4 cm³/mol. The number of alkyl halides is 3. The molecule has 15 heavy (non-hydrogen) atoms. The van der Waals surface area contributed by atoms with Gasteiger partial charge in [0.25, 0.3) is 0 Å². The maximum atomic E-state index is 12.1. The molecule has 0 spiro atoms. The summed E-state index contributed by atoms with van der Waals surface area (Å²) in [5, 5.41) is 3.16. The molecule has 0 aliphatic carbocycles. The molecule has 1 unspecified atom stereocenters. The Balaban J connectivity index is 0.00000196. The van der Waals surface area contributed by atoms with Gasteiger partial charge in [0.15, 0.2) is 0 Å². The molecule has 6 heteroatoms. The van der Waals surface area contributed by atoms with Gasteiger partial charge in [0, 0.05) is 31.7 Å². The lowest BCUT2D eigenvalue weighted by Crippen LogP contribution is -2.53. The molecule has 1 N–H and O–H groups in total. The molecule has 0 aromatic rings. The molecular formula is C9H18ClF3N2. The standard InChI is InChI=1S/C9H17F3N2.ClH/c1-7(5-9(10,11)12)14-4-3-13-6-8(14)2;/h7-8,13H,3-6H2,1-2H3;1H/t7?,8-;/m0./s1. The van der Waals surface area contributed by atoms with Crippen molar-refractivity contribution in [3.63, 3.8) is 0 Å². The first-order valence-corrected chi connectivity index (χ1v) is 4.93. The molecule has 0 amide bonds. The highest BCUT2D eigenvalue weighted by atomic mass is 35.5. The molecule has 1 aliphatic heterocycles. The van der Waals surface area contributed by atoms with Crippen LogP contribution in [0.4, 0.5) is 13.2 Å². The topological polar surface area (TPSA) is 15.3 Å². The van der Waals surface area contributed by atoms with Crippen LogP contribution in [0, 0.1) is 0 Å². The highest BCUT2D eigenvalue weighted by Crippen LogP contribution is 2.25. The van der Waals surface area contributed by atoms with Crippen LogP contribution in [0.15, 0.2) is 0 Å². The average molecular weight is 247 g/mol. The minimum atomic E-state index is -4.05. The largest absolute Gasteiger partial charge is 0.390 e. The number of nitrogens with zero attached hydrogens (tertiary/aromatic N) is 1. The monoisotopic (exact) mass is 246 g/mol. The van der Waals surface area contributed by atoms with Gasteiger partial charge in [-0.3, -0.25) is 4.90 Å². The molecule has 1 heterocycles. The molecule has 1 fully saturated rings. The van der Waals surface area contributed by atoms with Crippen LogP contribution in [-0.2, 0) is 0 Å². The van der Waals surface area contributed by atoms with E-state index in [0.717, 1.165) is 13.1 Å². The third-order valence-electron chi connectivity index (χ3n) is 2.65. The minimum Gasteiger partial charge on any atom is -0.314 e. The van der Waals surface area contributed by atoms with Crippen LogP contribution in [0.25, 0.3) is 0 Å². The fourth-order valence-electron chi connectivity index (χ4n) is 1.96. The van der Waals surface area contributed by atoms with Gasteiger partial charge >= 0.3 is 6.18 Å². The lowest BCUT2D eigenvalue weighted by atomic mass is 10.1. The Morgan fingerprint density at radius 1 is 1.47 bits per heavy atom. The second-order valence-electron chi connectivity index (χ2n) is 3.96. The van der Waals surface area contributed by atoms with Gasteiger partial charge in [-0.1, -0.05) is 0 Å². The van der Waals surface area contributed by atoms with Crippen LogP contribution < -0.4 is 5.32 Å². The first kappa shape index (κ1) is 15.0. The SMILES string of the molecule is CC(CC(F)(F)F)N1CCNC[C@@H]1C.Cl. The summed E-state index contributed by atoms with van der Waals surface area (Å²) in [4.78, 5) is 1.92. The van der Waals surface area contributed by atoms with Crippen molar-refractivity contribution in [2.45, 2.75) is 38.5 Å². The van der Waals surface area contributed by atoms with Crippen LogP contribution in [-0.4, -0.2) is 42.8 Å². The molecule has 0 aromatic heterocycles. The zero-order chi connectivity index (χ0) is 10.8. The van der Waals surface area contributed by atoms with E-state index in [2.05, 4.69) is 5.32 Å². The predicted octanol–water partition coefficient (Wildman–Crippen LogP) is 2.04. The average Bonchev–Trinajstić information content (AvgIpc) is 2.01. The number of piperazine rings is 1. The minimum absolute atomic E-state index is 0. The Bertz CT molecular complexity index is 187. The Hall–Kier alpha value is 0. The number of rotatable bonds is 2. The maximum absolute atomic E-state index is 12.1. The fraction of sp³-hybridized carbons (Fsp3) is 1.00. The smallest absolute Gasteiger partial charge is 0.314 e. The van der Waals surface area contributed by atoms with Crippen molar-refractivity contribution in [1.29, 1.82) is 0 Å². The van der Waals surface area contributed by atoms with Crippen LogP contribution >= 0.6 is 12.4 Å². The summed E-state index contributed by atoms with van der Waals surface area (Å²) in [6, 6.07) is -0.215. The van der Waals surface area contributed by atoms with E-state index in [-0.39, 0.29) is 18.4 Å². The van der Waals surface area contributed by atoms with Crippen LogP contribution in [0.1, 0.15) is 20.3 Å². The molecule has 1 aliphatic rings. The van der Waals surface area contributed by atoms with Crippen molar-refractivity contribution in [2.24, 2.45) is 0 Å². The summed E-state index contributed by atoms with van der Waals surface area (Å²) in [6.45, 7) is 5.88. The van der Waals surface area contributed by atoms with E-state index >= 15 is 0 Å². The van der Waals surface area contributed by atoms with Crippen LogP contribution in [0.3, 0.4) is 0 Å². The third-order valence-corrected chi connectivity index (χ3v) is 2.65. The molecule has 0 bridgehead atoms. The molecule has 0 saturated carbocycles. The van der Waals surface area contributed by atoms with Gasteiger partial charge < -0.3 is 5.32 Å². The van der Waals surface area contributed by atoms with E-state index in [4.69, 9.17) is 0 Å². The van der Waals surface area contributed by atoms with Crippen molar-refractivity contribution >= 4 is 12.4 Å². The summed E-state index contributed by atoms with van der Waals surface area (Å²) in [5.41, 5.74) is 0. The molecule has 92 valence electrons. The molecule has 2 nitrogen and oxygen atoms in total. The van der Waals surface area contributed by atoms with Crippen molar-refractivity contribution in [2.75, 3.05) is 19.6 Å². The van der Waals surface area contributed by atoms with Gasteiger partial charge in [-0.15, -0.1) is 12.4 Å². The molecule has 2 atom stereocenters. The zero-order valence-corrected chi connectivity index (χ0v) is 9.79. The van der Waals surface area contributed by atoms with Gasteiger partial charge in [0.05, 0.1) is 6.42 Å². The van der Waals surface area contributed by atoms with Gasteiger partial charge in [0.1, 0.15) is 0 Å². The van der Waals surface area contributed by atoms with Crippen molar-refractivity contribution in [1.82, 2.24) is 10.2 Å². The van der Waals surface area contributed by atoms with Crippen LogP contribution in [0.2, 0.25) is 0 Å². The van der Waals surface area contributed by atoms with E-state index in [1.54, 1.807) is 6.92 Å². The summed E-state index contributed by atoms with van der Waals surface area (Å²) in [5.74, 6) is 0. The van der Waals surface area contributed by atoms with E-state index < -0.39 is 18.6 Å². The molecular weight excluding hydrogens is 229 g/mol. The van der Waals surface area contributed by atoms with Crippen molar-refractivity contribution < 1.29 is 13.2 Å². The fourth-order valence-corrected chi connectivity index (χ4v) is 1.96. The van der Waals surface area contributed by atoms with Crippen LogP contribution in [0.5, 0.6) is 0 Å². The lowest BCUT2D eigenvalue weighted by Gasteiger charge is -2.38. The Morgan fingerprint density at radius 2 is 2.07 bits per heavy atom. The molecule has 0 aromatic carbocycles. The normalized spacial score (nSPS) is 25.8. The van der Waals surface area contributed by atoms with Gasteiger partial charge in [0.2, 0.25) is 0 Å². The van der Waals surface area contributed by atoms with Gasteiger partial charge in [-0.25, -0.2) is 0 Å². The number of halogens is 4. The summed E-state index contributed by atoms with van der Waals surface area (Å²) < 4.78 is 36.4. The second-order valence-corrected chi connectivity index (χ2v) is 3.96. The quantitative estimate of drug-likeness (QED) is 0.802. The molecule has 1 rings (SSSR count). The third kappa shape index (κ3) is 5.04. The van der Waals surface area contributed by atoms with Crippen molar-refractivity contribution in [3.8, 4) is 0 Å². The first-order valence-electron chi connectivity index (χ1n) is 4.93. The number of hydrogen-bond acceptors (Lipinski definition) is 2. The van der Waals surface area contributed by atoms with E-state index in [9.17, 15) is 13.2 Å². The number of hydrogen-bond donors (Lipinski definition) is 1. The molecule has 0 radical (unpaired) electrons. The van der Waals surface area contributed by atoms with Gasteiger partial charge in [-0.2, -0.15) is 13.2 Å². The Morgan fingerprint density at radius 3 is 2.53 bits per heavy atom. The summed E-state index contributed by atoms with van der Waals surface area (Å²) in [6.07, 6.45) is -4.76. The number of nitrogens with one attached hydrogen (secondary N) is 1. The summed E-state index contributed by atoms with van der Waals surface area (Å²) >= 11 is 0. The van der Waals surface area contributed by atoms with E-state index in [1.165, 1.54) is 0 Å². The first-order chi connectivity index (χ1) is 6.40. The maximum Gasteiger partial charge on any atom is 0.390 e. The highest BCUT2D eigenvalue weighted by Gasteiger charge is 2.34. The Labute approximate surface area is 94.6 Å². The zero-order valence-electron chi connectivity index (χ0n) is 8.97. The summed E-state index contributed by atoms with van der Waals surface area (Å²) in [7, 11) is 0. The van der Waals surface area contributed by atoms with E-state index in [1.807, 2.05) is 11.8 Å². The van der Waals surface area contributed by atoms with Gasteiger partial charge in [-0.05, 0) is 13.8 Å². The highest BCUT2D eigenvalue weighted by molar-refractivity contribution is 5.85. The molecule has 1 saturated heterocycles. The Kier molecular flexibility index (Phi) is 5.92. The second kappa shape index (κ2) is 5.92. The van der Waals surface area contributed by atoms with Crippen molar-refractivity contribution in [3.05, 3.63) is 0 Å². The lowest BCUT2D eigenvalue weighted by molar-refractivity contribution is -0.148.